The number of methoxy groups -OCH3 is 1. The lowest BCUT2D eigenvalue weighted by Gasteiger charge is -2.09. The van der Waals surface area contributed by atoms with Crippen molar-refractivity contribution in [2.45, 2.75) is 27.1 Å². The Hall–Kier alpha value is -5.56. The minimum Gasteiger partial charge on any atom is -0.480 e. The van der Waals surface area contributed by atoms with Crippen molar-refractivity contribution in [3.05, 3.63) is 113 Å². The van der Waals surface area contributed by atoms with Gasteiger partial charge in [0.15, 0.2) is 0 Å². The average molecular weight is 737 g/mol. The highest BCUT2D eigenvalue weighted by Crippen LogP contribution is 2.26. The van der Waals surface area contributed by atoms with Gasteiger partial charge in [-0.2, -0.15) is 8.75 Å². The summed E-state index contributed by atoms with van der Waals surface area (Å²) in [5.74, 6) is -1.53. The summed E-state index contributed by atoms with van der Waals surface area (Å²) in [7, 11) is 4.50. The molecule has 1 N–H and O–H groups in total. The summed E-state index contributed by atoms with van der Waals surface area (Å²) >= 11 is 2.52. The summed E-state index contributed by atoms with van der Waals surface area (Å²) in [6.45, 7) is 2.96. The third-order valence-corrected chi connectivity index (χ3v) is 9.57. The highest BCUT2D eigenvalue weighted by Gasteiger charge is 2.15. The fraction of sp³-hybridized carbons (Fsp3) is 0.273. The predicted octanol–water partition coefficient (Wildman–Crippen LogP) is 2.20. The van der Waals surface area contributed by atoms with Crippen molar-refractivity contribution in [3.8, 4) is 11.4 Å². The third-order valence-electron chi connectivity index (χ3n) is 7.84. The van der Waals surface area contributed by atoms with Crippen LogP contribution in [0.2, 0.25) is 0 Å². The molecule has 0 unspecified atom stereocenters. The number of ether oxygens (including phenoxy) is 3. The van der Waals surface area contributed by atoms with E-state index in [1.54, 1.807) is 64.3 Å². The molecule has 0 saturated heterocycles. The number of aliphatic carboxylic acids is 1. The Morgan fingerprint density at radius 1 is 0.706 bits per heavy atom. The molecule has 6 aromatic rings. The van der Waals surface area contributed by atoms with E-state index >= 15 is 0 Å². The maximum atomic E-state index is 12.5. The summed E-state index contributed by atoms with van der Waals surface area (Å²) < 4.78 is 30.3. The second-order valence-corrected chi connectivity index (χ2v) is 12.8. The molecule has 18 heteroatoms. The van der Waals surface area contributed by atoms with Crippen molar-refractivity contribution in [1.29, 1.82) is 0 Å². The molecular weight excluding hydrogens is 705 g/mol. The molecule has 16 nitrogen and oxygen atoms in total. The van der Waals surface area contributed by atoms with E-state index in [0.29, 0.717) is 34.2 Å². The number of hydrogen-bond acceptors (Lipinski definition) is 13. The lowest BCUT2D eigenvalue weighted by molar-refractivity contribution is -0.146. The topological polar surface area (TPSA) is 196 Å². The number of aromatic nitrogens is 6. The maximum Gasteiger partial charge on any atom is 0.335 e. The number of aryl methyl sites for hydroxylation is 2. The number of benzene rings is 2. The van der Waals surface area contributed by atoms with Crippen molar-refractivity contribution in [3.63, 3.8) is 0 Å². The molecule has 0 aliphatic rings. The van der Waals surface area contributed by atoms with Gasteiger partial charge in [0.2, 0.25) is 0 Å². The van der Waals surface area contributed by atoms with Gasteiger partial charge in [0.05, 0.1) is 52.5 Å². The van der Waals surface area contributed by atoms with Crippen LogP contribution in [0.1, 0.15) is 22.8 Å². The van der Waals surface area contributed by atoms with Crippen LogP contribution < -0.4 is 22.5 Å². The molecule has 0 amide bonds. The number of hydrogen-bond donors (Lipinski definition) is 1. The fourth-order valence-corrected chi connectivity index (χ4v) is 6.44. The molecule has 0 fully saturated rings. The first kappa shape index (κ1) is 36.7. The van der Waals surface area contributed by atoms with Crippen molar-refractivity contribution in [2.75, 3.05) is 20.3 Å². The van der Waals surface area contributed by atoms with Gasteiger partial charge in [-0.1, -0.05) is 0 Å². The molecule has 0 atom stereocenters. The van der Waals surface area contributed by atoms with Gasteiger partial charge in [-0.15, -0.1) is 0 Å². The van der Waals surface area contributed by atoms with Crippen LogP contribution in [-0.2, 0) is 51.1 Å². The van der Waals surface area contributed by atoms with Crippen LogP contribution in [-0.4, -0.2) is 64.4 Å². The molecule has 0 aliphatic heterocycles. The summed E-state index contributed by atoms with van der Waals surface area (Å²) in [5, 5.41) is 10.1. The highest BCUT2D eigenvalue weighted by atomic mass is 32.1. The third kappa shape index (κ3) is 7.93. The number of carboxylic acids is 1. The number of fused-ring (bicyclic) bond motifs is 2. The number of carboxylic acid groups (broad SMARTS) is 1. The van der Waals surface area contributed by atoms with Crippen LogP contribution >= 0.6 is 23.1 Å². The van der Waals surface area contributed by atoms with Crippen LogP contribution in [0.3, 0.4) is 0 Å². The van der Waals surface area contributed by atoms with E-state index in [1.807, 2.05) is 0 Å². The monoisotopic (exact) mass is 736 g/mol. The zero-order valence-corrected chi connectivity index (χ0v) is 29.7. The first-order valence-corrected chi connectivity index (χ1v) is 16.7. The second-order valence-electron chi connectivity index (χ2n) is 11.2. The zero-order chi connectivity index (χ0) is 37.0. The predicted molar refractivity (Wildman–Crippen MR) is 189 cm³/mol. The first-order chi connectivity index (χ1) is 24.3. The summed E-state index contributed by atoms with van der Waals surface area (Å²) in [5.41, 5.74) is 1.60. The summed E-state index contributed by atoms with van der Waals surface area (Å²) in [4.78, 5) is 71.2. The second kappa shape index (κ2) is 15.5. The van der Waals surface area contributed by atoms with E-state index in [0.717, 1.165) is 29.3 Å². The maximum absolute atomic E-state index is 12.5. The molecule has 4 heterocycles. The van der Waals surface area contributed by atoms with Gasteiger partial charge in [0.25, 0.3) is 11.1 Å². The van der Waals surface area contributed by atoms with E-state index in [1.165, 1.54) is 51.4 Å². The molecule has 0 bridgehead atoms. The smallest absolute Gasteiger partial charge is 0.335 e. The molecule has 266 valence electrons. The molecule has 0 aliphatic carbocycles. The summed E-state index contributed by atoms with van der Waals surface area (Å²) in [6.07, 6.45) is 0. The Labute approximate surface area is 296 Å². The van der Waals surface area contributed by atoms with Crippen LogP contribution in [0.5, 0.6) is 0 Å². The van der Waals surface area contributed by atoms with Crippen LogP contribution in [0.15, 0.2) is 67.7 Å². The van der Waals surface area contributed by atoms with Crippen LogP contribution in [0.4, 0.5) is 0 Å². The van der Waals surface area contributed by atoms with E-state index in [9.17, 15) is 28.8 Å². The Morgan fingerprint density at radius 3 is 1.55 bits per heavy atom. The largest absolute Gasteiger partial charge is 0.480 e. The molecule has 0 saturated carbocycles. The number of carbonyl (C=O) groups excluding carboxylic acids is 1. The van der Waals surface area contributed by atoms with Gasteiger partial charge in [0.1, 0.15) is 13.2 Å². The minimum absolute atomic E-state index is 0.0383. The normalized spacial score (nSPS) is 11.1. The lowest BCUT2D eigenvalue weighted by atomic mass is 10.2. The Kier molecular flexibility index (Phi) is 11.2. The van der Waals surface area contributed by atoms with E-state index in [2.05, 4.69) is 13.5 Å². The van der Waals surface area contributed by atoms with Gasteiger partial charge in [-0.3, -0.25) is 9.59 Å². The van der Waals surface area contributed by atoms with Crippen molar-refractivity contribution < 1.29 is 28.9 Å². The van der Waals surface area contributed by atoms with Crippen molar-refractivity contribution >= 4 is 55.2 Å². The molecule has 6 rings (SSSR count). The first-order valence-electron chi connectivity index (χ1n) is 15.1. The molecule has 51 heavy (non-hydrogen) atoms. The lowest BCUT2D eigenvalue weighted by Crippen LogP contribution is -2.38. The van der Waals surface area contributed by atoms with E-state index in [-0.39, 0.29) is 19.8 Å². The van der Waals surface area contributed by atoms with E-state index < -0.39 is 41.0 Å². The van der Waals surface area contributed by atoms with Crippen LogP contribution in [0, 0.1) is 13.8 Å². The molecule has 0 spiro atoms. The number of nitrogens with zero attached hydrogens (tertiary/aromatic N) is 6. The average Bonchev–Trinajstić information content (AvgIpc) is 3.69. The Bertz CT molecular complexity index is 2520. The van der Waals surface area contributed by atoms with Crippen LogP contribution in [0.25, 0.3) is 31.5 Å². The Balaban J connectivity index is 0.000000198. The number of carbonyl (C=O) groups is 2. The van der Waals surface area contributed by atoms with Crippen molar-refractivity contribution in [2.24, 2.45) is 14.1 Å². The van der Waals surface area contributed by atoms with Gasteiger partial charge in [-0.25, -0.2) is 28.3 Å². The van der Waals surface area contributed by atoms with Gasteiger partial charge in [0, 0.05) is 48.4 Å². The Morgan fingerprint density at radius 2 is 1.14 bits per heavy atom. The SMILES string of the molecule is COC(=O)COCc1nsc2ccc(-n3c(=O)cc(C)n(C)c3=O)cc12.Cc1cc(=O)n(-c2ccc3snc(COCC(=O)O)c3c2)c(=O)n1C. The minimum atomic E-state index is -1.06. The number of esters is 1. The molecule has 4 aromatic heterocycles. The van der Waals surface area contributed by atoms with Crippen molar-refractivity contribution in [1.82, 2.24) is 27.0 Å². The zero-order valence-electron chi connectivity index (χ0n) is 28.1. The van der Waals surface area contributed by atoms with E-state index in [4.69, 9.17) is 14.6 Å². The van der Waals surface area contributed by atoms with Gasteiger partial charge >= 0.3 is 23.3 Å². The molecular formula is C33H32N6O10S2. The quantitative estimate of drug-likeness (QED) is 0.202. The number of rotatable bonds is 10. The molecule has 0 radical (unpaired) electrons. The fourth-order valence-electron chi connectivity index (χ4n) is 4.91. The summed E-state index contributed by atoms with van der Waals surface area (Å²) in [6, 6.07) is 13.2. The van der Waals surface area contributed by atoms with Gasteiger partial charge < -0.3 is 28.5 Å². The standard InChI is InChI=1S/C17H17N3O5S.C16H15N3O5S/c1-10-6-15(21)20(17(23)19(10)2)11-4-5-14-12(7-11)13(18-26-14)8-25-9-16(22)24-3;1-9-5-14(20)19(16(23)18(9)2)10-3-4-13-11(6-10)12(17-25-13)7-24-8-15(21)22/h4-7H,8-9H2,1-3H3;3-6H,7-8H2,1-2H3,(H,21,22). The highest BCUT2D eigenvalue weighted by molar-refractivity contribution is 7.13. The van der Waals surface area contributed by atoms with Gasteiger partial charge in [-0.05, 0) is 73.3 Å². The molecule has 2 aromatic carbocycles.